The summed E-state index contributed by atoms with van der Waals surface area (Å²) in [6.45, 7) is 0. The van der Waals surface area contributed by atoms with Gasteiger partial charge in [-0.3, -0.25) is 0 Å². The maximum absolute atomic E-state index is 9.66. The minimum atomic E-state index is -0.698. The lowest BCUT2D eigenvalue weighted by atomic mass is 9.72. The Morgan fingerprint density at radius 3 is 2.77 bits per heavy atom. The third-order valence-corrected chi connectivity index (χ3v) is 3.22. The molecule has 0 aromatic heterocycles. The van der Waals surface area contributed by atoms with Gasteiger partial charge in [-0.15, -0.1) is 0 Å². The second kappa shape index (κ2) is 2.37. The maximum Gasteiger partial charge on any atom is 0.492 e. The fraction of sp³-hybridized carbons (Fsp3) is 0.400. The minimum absolute atomic E-state index is 0.129. The van der Waals surface area contributed by atoms with Gasteiger partial charge in [-0.05, 0) is 30.3 Å². The van der Waals surface area contributed by atoms with E-state index in [1.54, 1.807) is 0 Å². The highest BCUT2D eigenvalue weighted by Gasteiger charge is 2.50. The summed E-state index contributed by atoms with van der Waals surface area (Å²) in [5, 5.41) is 9.66. The highest BCUT2D eigenvalue weighted by Crippen LogP contribution is 2.47. The van der Waals surface area contributed by atoms with Gasteiger partial charge in [-0.25, -0.2) is 0 Å². The number of hydrogen-bond donors (Lipinski definition) is 1. The summed E-state index contributed by atoms with van der Waals surface area (Å²) in [6, 6.07) is 7.99. The summed E-state index contributed by atoms with van der Waals surface area (Å²) < 4.78 is 5.61. The van der Waals surface area contributed by atoms with E-state index >= 15 is 0 Å². The van der Waals surface area contributed by atoms with Crippen molar-refractivity contribution in [1.82, 2.24) is 0 Å². The fourth-order valence-electron chi connectivity index (χ4n) is 2.35. The molecular weight excluding hydrogens is 163 g/mol. The van der Waals surface area contributed by atoms with Crippen LogP contribution < -0.4 is 5.46 Å². The second-order valence-electron chi connectivity index (χ2n) is 3.91. The molecule has 1 aliphatic carbocycles. The van der Waals surface area contributed by atoms with Gasteiger partial charge in [0, 0.05) is 0 Å². The van der Waals surface area contributed by atoms with Crippen molar-refractivity contribution in [2.45, 2.75) is 24.9 Å². The van der Waals surface area contributed by atoms with Gasteiger partial charge < -0.3 is 9.68 Å². The summed E-state index contributed by atoms with van der Waals surface area (Å²) in [7, 11) is -0.698. The highest BCUT2D eigenvalue weighted by atomic mass is 16.5. The van der Waals surface area contributed by atoms with Gasteiger partial charge in [-0.2, -0.15) is 0 Å². The molecule has 0 atom stereocenters. The summed E-state index contributed by atoms with van der Waals surface area (Å²) in [6.07, 6.45) is 3.32. The average molecular weight is 174 g/mol. The van der Waals surface area contributed by atoms with Gasteiger partial charge >= 0.3 is 7.12 Å². The molecule has 1 saturated carbocycles. The van der Waals surface area contributed by atoms with Crippen molar-refractivity contribution in [2.75, 3.05) is 0 Å². The van der Waals surface area contributed by atoms with Crippen molar-refractivity contribution in [3.05, 3.63) is 29.8 Å². The van der Waals surface area contributed by atoms with Gasteiger partial charge in [0.1, 0.15) is 0 Å². The Morgan fingerprint density at radius 1 is 1.31 bits per heavy atom. The normalized spacial score (nSPS) is 23.0. The van der Waals surface area contributed by atoms with Gasteiger partial charge in [0.2, 0.25) is 0 Å². The van der Waals surface area contributed by atoms with Crippen molar-refractivity contribution < 1.29 is 9.68 Å². The molecule has 1 aromatic carbocycles. The molecule has 2 aliphatic rings. The molecule has 66 valence electrons. The van der Waals surface area contributed by atoms with E-state index in [2.05, 4.69) is 6.07 Å². The molecule has 1 N–H and O–H groups in total. The van der Waals surface area contributed by atoms with E-state index in [1.165, 1.54) is 12.0 Å². The average Bonchev–Trinajstić information content (AvgIpc) is 2.40. The summed E-state index contributed by atoms with van der Waals surface area (Å²) in [5.74, 6) is 0. The van der Waals surface area contributed by atoms with E-state index in [4.69, 9.17) is 4.65 Å². The molecule has 1 aliphatic heterocycles. The summed E-state index contributed by atoms with van der Waals surface area (Å²) in [4.78, 5) is 0. The Hall–Kier alpha value is -0.795. The van der Waals surface area contributed by atoms with Gasteiger partial charge in [0.25, 0.3) is 0 Å². The molecule has 0 saturated heterocycles. The molecule has 3 rings (SSSR count). The lowest BCUT2D eigenvalue weighted by molar-refractivity contribution is -0.0152. The Labute approximate surface area is 77.7 Å². The van der Waals surface area contributed by atoms with Crippen LogP contribution in [0, 0.1) is 0 Å². The monoisotopic (exact) mass is 174 g/mol. The van der Waals surface area contributed by atoms with E-state index in [0.717, 1.165) is 18.3 Å². The van der Waals surface area contributed by atoms with Crippen molar-refractivity contribution in [2.24, 2.45) is 0 Å². The number of fused-ring (bicyclic) bond motifs is 2. The van der Waals surface area contributed by atoms with Crippen molar-refractivity contribution in [3.63, 3.8) is 0 Å². The first kappa shape index (κ1) is 7.59. The van der Waals surface area contributed by atoms with Crippen LogP contribution in [0.2, 0.25) is 0 Å². The van der Waals surface area contributed by atoms with Gasteiger partial charge in [-0.1, -0.05) is 24.3 Å². The van der Waals surface area contributed by atoms with Crippen LogP contribution in [-0.2, 0) is 10.3 Å². The molecule has 1 aromatic rings. The van der Waals surface area contributed by atoms with Crippen LogP contribution in [0.25, 0.3) is 0 Å². The van der Waals surface area contributed by atoms with Gasteiger partial charge in [0.15, 0.2) is 0 Å². The molecule has 0 radical (unpaired) electrons. The molecule has 3 heteroatoms. The molecule has 0 bridgehead atoms. The van der Waals surface area contributed by atoms with E-state index in [-0.39, 0.29) is 5.60 Å². The molecule has 13 heavy (non-hydrogen) atoms. The Kier molecular flexibility index (Phi) is 1.38. The third kappa shape index (κ3) is 0.861. The van der Waals surface area contributed by atoms with Crippen LogP contribution in [0.4, 0.5) is 0 Å². The Morgan fingerprint density at radius 2 is 2.08 bits per heavy atom. The van der Waals surface area contributed by atoms with E-state index in [9.17, 15) is 5.02 Å². The first-order chi connectivity index (χ1) is 6.32. The molecule has 0 unspecified atom stereocenters. The Bertz CT molecular complexity index is 347. The second-order valence-corrected chi connectivity index (χ2v) is 3.91. The van der Waals surface area contributed by atoms with Crippen LogP contribution in [-0.4, -0.2) is 12.1 Å². The SMILES string of the molecule is OB1OC2(CCC2)c2ccccc21. The first-order valence-corrected chi connectivity index (χ1v) is 4.77. The fourth-order valence-corrected chi connectivity index (χ4v) is 2.35. The number of rotatable bonds is 0. The standard InChI is InChI=1S/C10H11BO2/c12-11-9-5-2-1-4-8(9)10(13-11)6-3-7-10/h1-2,4-5,12H,3,6-7H2. The highest BCUT2D eigenvalue weighted by molar-refractivity contribution is 6.62. The first-order valence-electron chi connectivity index (χ1n) is 4.77. The smallest absolute Gasteiger partial charge is 0.423 e. The molecule has 1 heterocycles. The molecule has 0 amide bonds. The van der Waals surface area contributed by atoms with Gasteiger partial charge in [0.05, 0.1) is 5.60 Å². The van der Waals surface area contributed by atoms with Crippen LogP contribution >= 0.6 is 0 Å². The molecule has 2 nitrogen and oxygen atoms in total. The predicted octanol–water partition coefficient (Wildman–Crippen LogP) is 0.783. The predicted molar refractivity (Wildman–Crippen MR) is 50.7 cm³/mol. The van der Waals surface area contributed by atoms with Crippen LogP contribution in [0.1, 0.15) is 24.8 Å². The zero-order chi connectivity index (χ0) is 8.89. The number of benzene rings is 1. The van der Waals surface area contributed by atoms with E-state index in [1.807, 2.05) is 18.2 Å². The quantitative estimate of drug-likeness (QED) is 0.589. The molecular formula is C10H11BO2. The molecule has 1 fully saturated rings. The molecule has 1 spiro atoms. The zero-order valence-corrected chi connectivity index (χ0v) is 7.36. The summed E-state index contributed by atoms with van der Waals surface area (Å²) >= 11 is 0. The Balaban J connectivity index is 2.15. The summed E-state index contributed by atoms with van der Waals surface area (Å²) in [5.41, 5.74) is 2.03. The van der Waals surface area contributed by atoms with Crippen LogP contribution in [0.15, 0.2) is 24.3 Å². The topological polar surface area (TPSA) is 29.5 Å². The van der Waals surface area contributed by atoms with Crippen molar-refractivity contribution in [3.8, 4) is 0 Å². The van der Waals surface area contributed by atoms with Crippen LogP contribution in [0.3, 0.4) is 0 Å². The van der Waals surface area contributed by atoms with Crippen molar-refractivity contribution in [1.29, 1.82) is 0 Å². The minimum Gasteiger partial charge on any atom is -0.423 e. The lowest BCUT2D eigenvalue weighted by Gasteiger charge is -2.39. The van der Waals surface area contributed by atoms with E-state index < -0.39 is 7.12 Å². The van der Waals surface area contributed by atoms with Crippen molar-refractivity contribution >= 4 is 12.6 Å². The van der Waals surface area contributed by atoms with E-state index in [0.29, 0.717) is 0 Å². The lowest BCUT2D eigenvalue weighted by Crippen LogP contribution is -2.35. The number of hydrogen-bond acceptors (Lipinski definition) is 2. The largest absolute Gasteiger partial charge is 0.492 e. The zero-order valence-electron chi connectivity index (χ0n) is 7.36. The van der Waals surface area contributed by atoms with Crippen LogP contribution in [0.5, 0.6) is 0 Å². The maximum atomic E-state index is 9.66. The third-order valence-electron chi connectivity index (χ3n) is 3.22.